The summed E-state index contributed by atoms with van der Waals surface area (Å²) in [5.41, 5.74) is 0.845. The molecule has 26 heavy (non-hydrogen) atoms. The molecule has 0 saturated carbocycles. The Hall–Kier alpha value is -1.91. The largest absolute Gasteiger partial charge is 0.489 e. The van der Waals surface area contributed by atoms with E-state index in [9.17, 15) is 8.78 Å². The maximum absolute atomic E-state index is 13.5. The minimum atomic E-state index is -0.727. The fraction of sp³-hybridized carbons (Fsp3) is 0.412. The molecule has 144 valence electrons. The molecule has 0 aliphatic heterocycles. The van der Waals surface area contributed by atoms with Crippen molar-refractivity contribution in [1.29, 1.82) is 0 Å². The van der Waals surface area contributed by atoms with E-state index in [0.29, 0.717) is 31.5 Å². The smallest absolute Gasteiger partial charge is 0.216 e. The Kier molecular flexibility index (Phi) is 9.31. The van der Waals surface area contributed by atoms with Crippen LogP contribution in [0.25, 0.3) is 0 Å². The summed E-state index contributed by atoms with van der Waals surface area (Å²) in [7, 11) is 0. The number of aryl methyl sites for hydroxylation is 2. The normalized spacial score (nSPS) is 11.0. The zero-order valence-electron chi connectivity index (χ0n) is 14.9. The van der Waals surface area contributed by atoms with Crippen molar-refractivity contribution in [2.24, 2.45) is 4.99 Å². The van der Waals surface area contributed by atoms with Crippen molar-refractivity contribution in [2.75, 3.05) is 19.7 Å². The summed E-state index contributed by atoms with van der Waals surface area (Å²) >= 11 is 0. The van der Waals surface area contributed by atoms with E-state index >= 15 is 0 Å². The van der Waals surface area contributed by atoms with Gasteiger partial charge in [0.15, 0.2) is 17.5 Å². The first-order valence-electron chi connectivity index (χ1n) is 8.02. The number of guanidine groups is 1. The SMILES string of the molecule is CCNC(=NCc1nc(C)c(C)o1)NCCOc1ccc(F)cc1F.I. The number of hydrogen-bond acceptors (Lipinski definition) is 4. The van der Waals surface area contributed by atoms with Gasteiger partial charge in [-0.3, -0.25) is 0 Å². The molecule has 1 heterocycles. The Morgan fingerprint density at radius 2 is 2.04 bits per heavy atom. The molecule has 1 aromatic carbocycles. The van der Waals surface area contributed by atoms with Crippen molar-refractivity contribution in [3.05, 3.63) is 47.2 Å². The number of oxazole rings is 1. The summed E-state index contributed by atoms with van der Waals surface area (Å²) in [6.45, 7) is 7.25. The van der Waals surface area contributed by atoms with Gasteiger partial charge in [-0.25, -0.2) is 18.8 Å². The second-order valence-corrected chi connectivity index (χ2v) is 5.29. The van der Waals surface area contributed by atoms with Crippen molar-refractivity contribution in [3.8, 4) is 5.75 Å². The summed E-state index contributed by atoms with van der Waals surface area (Å²) in [5, 5.41) is 6.14. The van der Waals surface area contributed by atoms with Crippen LogP contribution in [0.5, 0.6) is 5.75 Å². The van der Waals surface area contributed by atoms with Crippen LogP contribution in [0.1, 0.15) is 24.3 Å². The molecule has 2 rings (SSSR count). The van der Waals surface area contributed by atoms with Crippen LogP contribution in [0.2, 0.25) is 0 Å². The van der Waals surface area contributed by atoms with Crippen molar-refractivity contribution < 1.29 is 17.9 Å². The Bertz CT molecular complexity index is 718. The van der Waals surface area contributed by atoms with Gasteiger partial charge in [-0.1, -0.05) is 0 Å². The highest BCUT2D eigenvalue weighted by Crippen LogP contribution is 2.17. The Morgan fingerprint density at radius 3 is 2.65 bits per heavy atom. The molecule has 0 spiro atoms. The van der Waals surface area contributed by atoms with Crippen molar-refractivity contribution in [1.82, 2.24) is 15.6 Å². The van der Waals surface area contributed by atoms with Crippen LogP contribution in [0.15, 0.2) is 27.6 Å². The molecule has 6 nitrogen and oxygen atoms in total. The standard InChI is InChI=1S/C17H22F2N4O2.HI/c1-4-20-17(22-10-16-23-11(2)12(3)25-16)21-7-8-24-15-6-5-13(18)9-14(15)19;/h5-6,9H,4,7-8,10H2,1-3H3,(H2,20,21,22);1H. The summed E-state index contributed by atoms with van der Waals surface area (Å²) in [6.07, 6.45) is 0. The number of aliphatic imine (C=N–C) groups is 1. The first kappa shape index (κ1) is 22.1. The molecule has 0 radical (unpaired) electrons. The Labute approximate surface area is 168 Å². The average molecular weight is 480 g/mol. The van der Waals surface area contributed by atoms with Crippen LogP contribution < -0.4 is 15.4 Å². The predicted octanol–water partition coefficient (Wildman–Crippen LogP) is 3.32. The third kappa shape index (κ3) is 6.77. The highest BCUT2D eigenvalue weighted by atomic mass is 127. The molecule has 9 heteroatoms. The zero-order chi connectivity index (χ0) is 18.2. The lowest BCUT2D eigenvalue weighted by Crippen LogP contribution is -2.39. The van der Waals surface area contributed by atoms with E-state index < -0.39 is 11.6 Å². The molecule has 0 fully saturated rings. The van der Waals surface area contributed by atoms with Crippen LogP contribution in [0.3, 0.4) is 0 Å². The van der Waals surface area contributed by atoms with Crippen molar-refractivity contribution in [2.45, 2.75) is 27.3 Å². The highest BCUT2D eigenvalue weighted by molar-refractivity contribution is 14.0. The molecular formula is C17H23F2IN4O2. The number of hydrogen-bond donors (Lipinski definition) is 2. The van der Waals surface area contributed by atoms with E-state index in [1.807, 2.05) is 20.8 Å². The van der Waals surface area contributed by atoms with E-state index in [1.165, 1.54) is 6.07 Å². The van der Waals surface area contributed by atoms with Gasteiger partial charge in [0.25, 0.3) is 0 Å². The number of nitrogens with one attached hydrogen (secondary N) is 2. The quantitative estimate of drug-likeness (QED) is 0.276. The summed E-state index contributed by atoms with van der Waals surface area (Å²) in [5.74, 6) is 0.529. The fourth-order valence-electron chi connectivity index (χ4n) is 2.02. The average Bonchev–Trinajstić information content (AvgIpc) is 2.89. The zero-order valence-corrected chi connectivity index (χ0v) is 17.3. The number of benzene rings is 1. The van der Waals surface area contributed by atoms with Gasteiger partial charge >= 0.3 is 0 Å². The molecule has 0 saturated heterocycles. The van der Waals surface area contributed by atoms with E-state index in [0.717, 1.165) is 23.6 Å². The molecule has 0 atom stereocenters. The minimum Gasteiger partial charge on any atom is -0.489 e. The summed E-state index contributed by atoms with van der Waals surface area (Å²) in [6, 6.07) is 3.20. The summed E-state index contributed by atoms with van der Waals surface area (Å²) < 4.78 is 37.1. The lowest BCUT2D eigenvalue weighted by Gasteiger charge is -2.12. The molecule has 0 unspecified atom stereocenters. The molecule has 0 bridgehead atoms. The third-order valence-corrected chi connectivity index (χ3v) is 3.34. The molecule has 0 aliphatic rings. The molecule has 2 aromatic rings. The second kappa shape index (κ2) is 10.9. The van der Waals surface area contributed by atoms with Gasteiger partial charge in [-0.15, -0.1) is 24.0 Å². The molecule has 0 amide bonds. The van der Waals surface area contributed by atoms with Gasteiger partial charge in [0.05, 0.1) is 12.2 Å². The van der Waals surface area contributed by atoms with E-state index in [-0.39, 0.29) is 36.3 Å². The van der Waals surface area contributed by atoms with Gasteiger partial charge in [0.2, 0.25) is 5.89 Å². The molecule has 0 aliphatic carbocycles. The molecular weight excluding hydrogens is 457 g/mol. The Balaban J connectivity index is 0.00000338. The second-order valence-electron chi connectivity index (χ2n) is 5.29. The Morgan fingerprint density at radius 1 is 1.27 bits per heavy atom. The lowest BCUT2D eigenvalue weighted by atomic mass is 10.3. The predicted molar refractivity (Wildman–Crippen MR) is 106 cm³/mol. The number of aromatic nitrogens is 1. The first-order valence-corrected chi connectivity index (χ1v) is 8.02. The molecule has 1 aromatic heterocycles. The lowest BCUT2D eigenvalue weighted by molar-refractivity contribution is 0.304. The van der Waals surface area contributed by atoms with Crippen LogP contribution in [-0.2, 0) is 6.54 Å². The van der Waals surface area contributed by atoms with Crippen molar-refractivity contribution in [3.63, 3.8) is 0 Å². The van der Waals surface area contributed by atoms with Crippen LogP contribution in [-0.4, -0.2) is 30.6 Å². The third-order valence-electron chi connectivity index (χ3n) is 3.34. The van der Waals surface area contributed by atoms with E-state index in [4.69, 9.17) is 9.15 Å². The van der Waals surface area contributed by atoms with E-state index in [1.54, 1.807) is 0 Å². The van der Waals surface area contributed by atoms with Crippen LogP contribution in [0.4, 0.5) is 8.78 Å². The van der Waals surface area contributed by atoms with Gasteiger partial charge < -0.3 is 19.8 Å². The van der Waals surface area contributed by atoms with Gasteiger partial charge in [0.1, 0.15) is 24.7 Å². The highest BCUT2D eigenvalue weighted by Gasteiger charge is 2.06. The topological polar surface area (TPSA) is 71.7 Å². The number of nitrogens with zero attached hydrogens (tertiary/aromatic N) is 2. The first-order chi connectivity index (χ1) is 12.0. The van der Waals surface area contributed by atoms with Gasteiger partial charge in [-0.05, 0) is 32.9 Å². The minimum absolute atomic E-state index is 0. The maximum atomic E-state index is 13.5. The number of halogens is 3. The van der Waals surface area contributed by atoms with Crippen molar-refractivity contribution >= 4 is 29.9 Å². The maximum Gasteiger partial charge on any atom is 0.216 e. The fourth-order valence-corrected chi connectivity index (χ4v) is 2.02. The van der Waals surface area contributed by atoms with Gasteiger partial charge in [0, 0.05) is 12.6 Å². The van der Waals surface area contributed by atoms with Gasteiger partial charge in [-0.2, -0.15) is 0 Å². The molecule has 2 N–H and O–H groups in total. The number of ether oxygens (including phenoxy) is 1. The van der Waals surface area contributed by atoms with Crippen LogP contribution >= 0.6 is 24.0 Å². The summed E-state index contributed by atoms with van der Waals surface area (Å²) in [4.78, 5) is 8.64. The van der Waals surface area contributed by atoms with Crippen LogP contribution in [0, 0.1) is 25.5 Å². The monoisotopic (exact) mass is 480 g/mol. The number of rotatable bonds is 7. The van der Waals surface area contributed by atoms with E-state index in [2.05, 4.69) is 20.6 Å².